The van der Waals surface area contributed by atoms with Gasteiger partial charge in [0.1, 0.15) is 0 Å². The van der Waals surface area contributed by atoms with Gasteiger partial charge < -0.3 is 5.32 Å². The number of halogens is 2. The number of hydrogen-bond donors (Lipinski definition) is 2. The molecule has 1 unspecified atom stereocenters. The predicted octanol–water partition coefficient (Wildman–Crippen LogP) is 2.43. The highest BCUT2D eigenvalue weighted by atomic mass is 79.9. The number of benzene rings is 1. The molecule has 0 radical (unpaired) electrons. The van der Waals surface area contributed by atoms with Gasteiger partial charge in [-0.05, 0) is 37.6 Å². The van der Waals surface area contributed by atoms with Gasteiger partial charge in [0.05, 0.1) is 5.75 Å². The van der Waals surface area contributed by atoms with Crippen molar-refractivity contribution in [1.29, 1.82) is 0 Å². The SMILES string of the molecule is CC(NCCCS(N)(=O)=O)c1ccc(Br)cc1Cl. The first kappa shape index (κ1) is 15.9. The summed E-state index contributed by atoms with van der Waals surface area (Å²) in [5, 5.41) is 8.81. The molecular formula is C11H16BrClN2O2S. The number of rotatable bonds is 6. The molecule has 0 aliphatic rings. The van der Waals surface area contributed by atoms with Crippen LogP contribution in [0, 0.1) is 0 Å². The zero-order chi connectivity index (χ0) is 13.8. The molecule has 4 nitrogen and oxygen atoms in total. The number of nitrogens with two attached hydrogens (primary N) is 1. The van der Waals surface area contributed by atoms with Gasteiger partial charge in [-0.2, -0.15) is 0 Å². The monoisotopic (exact) mass is 354 g/mol. The third kappa shape index (κ3) is 5.67. The van der Waals surface area contributed by atoms with E-state index in [2.05, 4.69) is 21.2 Å². The molecule has 0 aliphatic carbocycles. The second-order valence-electron chi connectivity index (χ2n) is 4.06. The lowest BCUT2D eigenvalue weighted by atomic mass is 10.1. The first-order chi connectivity index (χ1) is 8.29. The maximum atomic E-state index is 10.8. The van der Waals surface area contributed by atoms with Crippen molar-refractivity contribution in [2.24, 2.45) is 5.14 Å². The van der Waals surface area contributed by atoms with Crippen molar-refractivity contribution in [2.75, 3.05) is 12.3 Å². The summed E-state index contributed by atoms with van der Waals surface area (Å²) >= 11 is 9.47. The summed E-state index contributed by atoms with van der Waals surface area (Å²) in [7, 11) is -3.37. The van der Waals surface area contributed by atoms with Crippen molar-refractivity contribution in [3.63, 3.8) is 0 Å². The van der Waals surface area contributed by atoms with Gasteiger partial charge in [-0.1, -0.05) is 33.6 Å². The van der Waals surface area contributed by atoms with Crippen molar-refractivity contribution in [3.05, 3.63) is 33.3 Å². The van der Waals surface area contributed by atoms with E-state index < -0.39 is 10.0 Å². The van der Waals surface area contributed by atoms with Gasteiger partial charge in [0.15, 0.2) is 0 Å². The second-order valence-corrected chi connectivity index (χ2v) is 7.12. The minimum absolute atomic E-state index is 0.0131. The van der Waals surface area contributed by atoms with E-state index in [-0.39, 0.29) is 11.8 Å². The highest BCUT2D eigenvalue weighted by Gasteiger charge is 2.09. The fourth-order valence-electron chi connectivity index (χ4n) is 1.55. The average Bonchev–Trinajstić information content (AvgIpc) is 2.22. The molecule has 1 aromatic rings. The van der Waals surface area contributed by atoms with E-state index in [0.717, 1.165) is 10.0 Å². The zero-order valence-electron chi connectivity index (χ0n) is 9.99. The minimum Gasteiger partial charge on any atom is -0.310 e. The van der Waals surface area contributed by atoms with Crippen LogP contribution in [-0.4, -0.2) is 20.7 Å². The van der Waals surface area contributed by atoms with Crippen LogP contribution in [-0.2, 0) is 10.0 Å². The summed E-state index contributed by atoms with van der Waals surface area (Å²) in [4.78, 5) is 0. The molecular weight excluding hydrogens is 340 g/mol. The van der Waals surface area contributed by atoms with Crippen LogP contribution in [0.1, 0.15) is 24.9 Å². The van der Waals surface area contributed by atoms with Crippen LogP contribution in [0.4, 0.5) is 0 Å². The number of primary sulfonamides is 1. The van der Waals surface area contributed by atoms with Gasteiger partial charge in [-0.3, -0.25) is 0 Å². The van der Waals surface area contributed by atoms with Crippen molar-refractivity contribution in [3.8, 4) is 0 Å². The van der Waals surface area contributed by atoms with Gasteiger partial charge in [-0.15, -0.1) is 0 Å². The van der Waals surface area contributed by atoms with Crippen molar-refractivity contribution < 1.29 is 8.42 Å². The van der Waals surface area contributed by atoms with Crippen LogP contribution in [0.25, 0.3) is 0 Å². The molecule has 0 spiro atoms. The molecule has 0 saturated carbocycles. The van der Waals surface area contributed by atoms with E-state index in [9.17, 15) is 8.42 Å². The summed E-state index contributed by atoms with van der Waals surface area (Å²) < 4.78 is 22.5. The van der Waals surface area contributed by atoms with E-state index >= 15 is 0 Å². The highest BCUT2D eigenvalue weighted by Crippen LogP contribution is 2.26. The molecule has 1 atom stereocenters. The maximum absolute atomic E-state index is 10.8. The van der Waals surface area contributed by atoms with Crippen molar-refractivity contribution in [1.82, 2.24) is 5.32 Å². The molecule has 0 aromatic heterocycles. The van der Waals surface area contributed by atoms with E-state index in [1.165, 1.54) is 0 Å². The summed E-state index contributed by atoms with van der Waals surface area (Å²) in [6.45, 7) is 2.55. The fourth-order valence-corrected chi connectivity index (χ4v) is 2.94. The molecule has 102 valence electrons. The number of hydrogen-bond acceptors (Lipinski definition) is 3. The number of nitrogens with one attached hydrogen (secondary N) is 1. The van der Waals surface area contributed by atoms with Crippen molar-refractivity contribution in [2.45, 2.75) is 19.4 Å². The second kappa shape index (κ2) is 6.86. The van der Waals surface area contributed by atoms with E-state index in [1.54, 1.807) is 0 Å². The summed E-state index contributed by atoms with van der Waals surface area (Å²) in [6.07, 6.45) is 0.483. The van der Waals surface area contributed by atoms with E-state index in [0.29, 0.717) is 18.0 Å². The largest absolute Gasteiger partial charge is 0.310 e. The maximum Gasteiger partial charge on any atom is 0.209 e. The minimum atomic E-state index is -3.37. The van der Waals surface area contributed by atoms with Crippen LogP contribution in [0.2, 0.25) is 5.02 Å². The summed E-state index contributed by atoms with van der Waals surface area (Å²) in [5.74, 6) is -0.0131. The third-order valence-corrected chi connectivity index (χ3v) is 4.16. The van der Waals surface area contributed by atoms with Gasteiger partial charge in [0, 0.05) is 15.5 Å². The average molecular weight is 356 g/mol. The first-order valence-electron chi connectivity index (χ1n) is 5.48. The molecule has 18 heavy (non-hydrogen) atoms. The van der Waals surface area contributed by atoms with E-state index in [1.807, 2.05) is 25.1 Å². The molecule has 0 saturated heterocycles. The Morgan fingerprint density at radius 3 is 2.72 bits per heavy atom. The topological polar surface area (TPSA) is 72.2 Å². The van der Waals surface area contributed by atoms with Crippen LogP contribution < -0.4 is 10.5 Å². The first-order valence-corrected chi connectivity index (χ1v) is 8.37. The lowest BCUT2D eigenvalue weighted by Gasteiger charge is -2.15. The Morgan fingerprint density at radius 2 is 2.17 bits per heavy atom. The lowest BCUT2D eigenvalue weighted by molar-refractivity contribution is 0.561. The van der Waals surface area contributed by atoms with E-state index in [4.69, 9.17) is 16.7 Å². The Balaban J connectivity index is 2.48. The van der Waals surface area contributed by atoms with Gasteiger partial charge in [-0.25, -0.2) is 13.6 Å². The summed E-state index contributed by atoms with van der Waals surface area (Å²) in [5.41, 5.74) is 0.982. The Hall–Kier alpha value is -0.140. The standard InChI is InChI=1S/C11H16BrClN2O2S/c1-8(15-5-2-6-18(14,16)17)10-4-3-9(12)7-11(10)13/h3-4,7-8,15H,2,5-6H2,1H3,(H2,14,16,17). The van der Waals surface area contributed by atoms with Crippen LogP contribution in [0.15, 0.2) is 22.7 Å². The molecule has 1 aromatic carbocycles. The molecule has 0 bridgehead atoms. The van der Waals surface area contributed by atoms with Gasteiger partial charge in [0.25, 0.3) is 0 Å². The van der Waals surface area contributed by atoms with Crippen LogP contribution in [0.3, 0.4) is 0 Å². The fraction of sp³-hybridized carbons (Fsp3) is 0.455. The molecule has 0 fully saturated rings. The molecule has 3 N–H and O–H groups in total. The van der Waals surface area contributed by atoms with Crippen LogP contribution >= 0.6 is 27.5 Å². The van der Waals surface area contributed by atoms with Crippen LogP contribution in [0.5, 0.6) is 0 Å². The smallest absolute Gasteiger partial charge is 0.209 e. The quantitative estimate of drug-likeness (QED) is 0.770. The molecule has 0 amide bonds. The third-order valence-electron chi connectivity index (χ3n) is 2.49. The van der Waals surface area contributed by atoms with Gasteiger partial charge >= 0.3 is 0 Å². The Morgan fingerprint density at radius 1 is 1.50 bits per heavy atom. The van der Waals surface area contributed by atoms with Crippen molar-refractivity contribution >= 4 is 37.6 Å². The summed E-state index contributed by atoms with van der Waals surface area (Å²) in [6, 6.07) is 5.75. The molecule has 0 heterocycles. The highest BCUT2D eigenvalue weighted by molar-refractivity contribution is 9.10. The zero-order valence-corrected chi connectivity index (χ0v) is 13.1. The lowest BCUT2D eigenvalue weighted by Crippen LogP contribution is -2.24. The Labute approximate surface area is 121 Å². The molecule has 1 rings (SSSR count). The Bertz CT molecular complexity index is 508. The van der Waals surface area contributed by atoms with Gasteiger partial charge in [0.2, 0.25) is 10.0 Å². The molecule has 7 heteroatoms. The number of sulfonamides is 1. The normalized spacial score (nSPS) is 13.6. The Kier molecular flexibility index (Phi) is 6.07. The predicted molar refractivity (Wildman–Crippen MR) is 78.2 cm³/mol. The molecule has 0 aliphatic heterocycles.